The molecule has 0 bridgehead atoms. The second-order valence-electron chi connectivity index (χ2n) is 4.65. The molecule has 0 fully saturated rings. The van der Waals surface area contributed by atoms with E-state index in [-0.39, 0.29) is 5.92 Å². The number of benzene rings is 1. The summed E-state index contributed by atoms with van der Waals surface area (Å²) in [5.74, 6) is 0.710. The summed E-state index contributed by atoms with van der Waals surface area (Å²) in [6, 6.07) is 4.17. The highest BCUT2D eigenvalue weighted by molar-refractivity contribution is 5.44. The van der Waals surface area contributed by atoms with Gasteiger partial charge in [-0.15, -0.1) is 0 Å². The summed E-state index contributed by atoms with van der Waals surface area (Å²) in [7, 11) is 3.05. The highest BCUT2D eigenvalue weighted by atomic mass is 16.6. The maximum absolute atomic E-state index is 11.2. The summed E-state index contributed by atoms with van der Waals surface area (Å²) >= 11 is 0. The maximum atomic E-state index is 11.2. The molecule has 1 aromatic carbocycles. The van der Waals surface area contributed by atoms with E-state index < -0.39 is 17.1 Å². The van der Waals surface area contributed by atoms with Gasteiger partial charge in [0.25, 0.3) is 0 Å². The van der Waals surface area contributed by atoms with E-state index in [0.717, 1.165) is 5.56 Å². The summed E-state index contributed by atoms with van der Waals surface area (Å²) < 4.78 is 10.4. The van der Waals surface area contributed by atoms with Crippen molar-refractivity contribution in [1.82, 2.24) is 0 Å². The normalized spacial score (nSPS) is 25.2. The zero-order valence-corrected chi connectivity index (χ0v) is 11.4. The first-order valence-corrected chi connectivity index (χ1v) is 6.28. The SMILES string of the molecule is COc1ccc([C@H]2CC=C[C@@H](O)[C@@H]2[N+](=O)[O-])cc1OC. The predicted molar refractivity (Wildman–Crippen MR) is 72.8 cm³/mol. The minimum Gasteiger partial charge on any atom is -0.493 e. The first-order chi connectivity index (χ1) is 9.58. The second-order valence-corrected chi connectivity index (χ2v) is 4.65. The van der Waals surface area contributed by atoms with Gasteiger partial charge in [0.2, 0.25) is 6.04 Å². The number of aliphatic hydroxyl groups excluding tert-OH is 1. The lowest BCUT2D eigenvalue weighted by Gasteiger charge is -2.26. The molecule has 0 unspecified atom stereocenters. The maximum Gasteiger partial charge on any atom is 0.249 e. The summed E-state index contributed by atoms with van der Waals surface area (Å²) in [6.45, 7) is 0. The number of rotatable bonds is 4. The monoisotopic (exact) mass is 279 g/mol. The number of hydrogen-bond acceptors (Lipinski definition) is 5. The molecule has 6 nitrogen and oxygen atoms in total. The fraction of sp³-hybridized carbons (Fsp3) is 0.429. The zero-order valence-electron chi connectivity index (χ0n) is 11.4. The van der Waals surface area contributed by atoms with Crippen LogP contribution in [-0.4, -0.2) is 36.4 Å². The molecule has 0 spiro atoms. The molecule has 0 saturated heterocycles. The number of aliphatic hydroxyl groups is 1. The van der Waals surface area contributed by atoms with Gasteiger partial charge in [-0.05, 0) is 24.1 Å². The molecular formula is C14H17NO5. The second kappa shape index (κ2) is 5.92. The van der Waals surface area contributed by atoms with Crippen molar-refractivity contribution in [1.29, 1.82) is 0 Å². The molecule has 108 valence electrons. The quantitative estimate of drug-likeness (QED) is 0.516. The molecule has 1 N–H and O–H groups in total. The van der Waals surface area contributed by atoms with Gasteiger partial charge in [-0.25, -0.2) is 0 Å². The smallest absolute Gasteiger partial charge is 0.249 e. The van der Waals surface area contributed by atoms with Crippen LogP contribution >= 0.6 is 0 Å². The van der Waals surface area contributed by atoms with E-state index in [4.69, 9.17) is 9.47 Å². The lowest BCUT2D eigenvalue weighted by atomic mass is 9.82. The fourth-order valence-electron chi connectivity index (χ4n) is 2.54. The van der Waals surface area contributed by atoms with Crippen LogP contribution in [0.25, 0.3) is 0 Å². The molecule has 0 heterocycles. The molecule has 2 rings (SSSR count). The van der Waals surface area contributed by atoms with E-state index in [1.165, 1.54) is 20.3 Å². The molecular weight excluding hydrogens is 262 g/mol. The van der Waals surface area contributed by atoms with Crippen LogP contribution < -0.4 is 9.47 Å². The van der Waals surface area contributed by atoms with Crippen molar-refractivity contribution in [3.63, 3.8) is 0 Å². The molecule has 1 aliphatic carbocycles. The molecule has 0 aromatic heterocycles. The van der Waals surface area contributed by atoms with Crippen molar-refractivity contribution in [2.24, 2.45) is 0 Å². The van der Waals surface area contributed by atoms with Crippen LogP contribution in [0, 0.1) is 10.1 Å². The first kappa shape index (κ1) is 14.3. The van der Waals surface area contributed by atoms with Crippen molar-refractivity contribution >= 4 is 0 Å². The largest absolute Gasteiger partial charge is 0.493 e. The molecule has 0 amide bonds. The Hall–Kier alpha value is -2.08. The summed E-state index contributed by atoms with van der Waals surface area (Å²) in [5.41, 5.74) is 0.757. The number of allylic oxidation sites excluding steroid dienone is 1. The van der Waals surface area contributed by atoms with E-state index in [1.54, 1.807) is 24.3 Å². The van der Waals surface area contributed by atoms with E-state index >= 15 is 0 Å². The van der Waals surface area contributed by atoms with Crippen LogP contribution in [0.3, 0.4) is 0 Å². The van der Waals surface area contributed by atoms with Crippen LogP contribution in [0.1, 0.15) is 17.9 Å². The van der Waals surface area contributed by atoms with Gasteiger partial charge in [-0.2, -0.15) is 0 Å². The van der Waals surface area contributed by atoms with Gasteiger partial charge >= 0.3 is 0 Å². The molecule has 0 radical (unpaired) electrons. The van der Waals surface area contributed by atoms with Crippen molar-refractivity contribution in [3.8, 4) is 11.5 Å². The Bertz CT molecular complexity index is 528. The summed E-state index contributed by atoms with van der Waals surface area (Å²) in [4.78, 5) is 10.8. The molecule has 1 aliphatic rings. The third kappa shape index (κ3) is 2.60. The van der Waals surface area contributed by atoms with Crippen LogP contribution in [-0.2, 0) is 0 Å². The Balaban J connectivity index is 2.39. The molecule has 1 aromatic rings. The first-order valence-electron chi connectivity index (χ1n) is 6.28. The third-order valence-electron chi connectivity index (χ3n) is 3.56. The Morgan fingerprint density at radius 1 is 1.30 bits per heavy atom. The zero-order chi connectivity index (χ0) is 14.7. The minimum atomic E-state index is -1.07. The Morgan fingerprint density at radius 2 is 2.00 bits per heavy atom. The van der Waals surface area contributed by atoms with E-state index in [9.17, 15) is 15.2 Å². The molecule has 0 saturated carbocycles. The topological polar surface area (TPSA) is 81.8 Å². The average Bonchev–Trinajstić information content (AvgIpc) is 2.45. The molecule has 0 aliphatic heterocycles. The lowest BCUT2D eigenvalue weighted by Crippen LogP contribution is -2.39. The van der Waals surface area contributed by atoms with E-state index in [0.29, 0.717) is 17.9 Å². The third-order valence-corrected chi connectivity index (χ3v) is 3.56. The van der Waals surface area contributed by atoms with Crippen LogP contribution in [0.5, 0.6) is 11.5 Å². The van der Waals surface area contributed by atoms with Crippen molar-refractivity contribution in [2.45, 2.75) is 24.5 Å². The van der Waals surface area contributed by atoms with Gasteiger partial charge in [-0.3, -0.25) is 10.1 Å². The lowest BCUT2D eigenvalue weighted by molar-refractivity contribution is -0.536. The highest BCUT2D eigenvalue weighted by Crippen LogP contribution is 2.36. The fourth-order valence-corrected chi connectivity index (χ4v) is 2.54. The summed E-state index contributed by atoms with van der Waals surface area (Å²) in [5, 5.41) is 21.0. The van der Waals surface area contributed by atoms with Gasteiger partial charge < -0.3 is 14.6 Å². The van der Waals surface area contributed by atoms with Gasteiger partial charge in [0, 0.05) is 4.92 Å². The van der Waals surface area contributed by atoms with Gasteiger partial charge in [0.1, 0.15) is 6.10 Å². The Morgan fingerprint density at radius 3 is 2.60 bits per heavy atom. The van der Waals surface area contributed by atoms with Crippen molar-refractivity contribution in [2.75, 3.05) is 14.2 Å². The van der Waals surface area contributed by atoms with Gasteiger partial charge in [0.05, 0.1) is 20.1 Å². The molecule has 3 atom stereocenters. The van der Waals surface area contributed by atoms with Crippen LogP contribution in [0.2, 0.25) is 0 Å². The van der Waals surface area contributed by atoms with Crippen LogP contribution in [0.4, 0.5) is 0 Å². The van der Waals surface area contributed by atoms with Gasteiger partial charge in [0.15, 0.2) is 11.5 Å². The van der Waals surface area contributed by atoms with E-state index in [1.807, 2.05) is 0 Å². The van der Waals surface area contributed by atoms with Crippen molar-refractivity contribution < 1.29 is 19.5 Å². The number of ether oxygens (including phenoxy) is 2. The van der Waals surface area contributed by atoms with Crippen LogP contribution in [0.15, 0.2) is 30.4 Å². The Kier molecular flexibility index (Phi) is 4.24. The van der Waals surface area contributed by atoms with Gasteiger partial charge in [-0.1, -0.05) is 18.2 Å². The van der Waals surface area contributed by atoms with Crippen molar-refractivity contribution in [3.05, 3.63) is 46.0 Å². The molecule has 6 heteroatoms. The number of nitro groups is 1. The number of hydrogen-bond donors (Lipinski definition) is 1. The Labute approximate surface area is 116 Å². The number of methoxy groups -OCH3 is 2. The standard InChI is InChI=1S/C14H17NO5/c1-19-12-7-6-9(8-13(12)20-2)10-4-3-5-11(16)14(10)15(17)18/h3,5-8,10-11,14,16H,4H2,1-2H3/t10-,11-,14-/m1/s1. The number of nitrogens with zero attached hydrogens (tertiary/aromatic N) is 1. The average molecular weight is 279 g/mol. The molecule has 20 heavy (non-hydrogen) atoms. The highest BCUT2D eigenvalue weighted by Gasteiger charge is 2.40. The predicted octanol–water partition coefficient (Wildman–Crippen LogP) is 1.75. The summed E-state index contributed by atoms with van der Waals surface area (Å²) in [6.07, 6.45) is 2.69. The minimum absolute atomic E-state index is 0.384. The van der Waals surface area contributed by atoms with E-state index in [2.05, 4.69) is 0 Å².